The van der Waals surface area contributed by atoms with E-state index in [1.54, 1.807) is 0 Å². The molecule has 42 heavy (non-hydrogen) atoms. The Morgan fingerprint density at radius 3 is 1.79 bits per heavy atom. The number of aryl methyl sites for hydroxylation is 4. The van der Waals surface area contributed by atoms with E-state index in [2.05, 4.69) is 154 Å². The normalized spacial score (nSPS) is 16.1. The third-order valence-electron chi connectivity index (χ3n) is 9.67. The molecule has 2 unspecified atom stereocenters. The van der Waals surface area contributed by atoms with E-state index in [1.807, 2.05) is 0 Å². The van der Waals surface area contributed by atoms with Gasteiger partial charge in [-0.3, -0.25) is 0 Å². The van der Waals surface area contributed by atoms with E-state index in [9.17, 15) is 0 Å². The van der Waals surface area contributed by atoms with E-state index in [0.717, 1.165) is 0 Å². The Labute approximate surface area is 248 Å². The second kappa shape index (κ2) is 9.39. The van der Waals surface area contributed by atoms with E-state index in [0.29, 0.717) is 0 Å². The van der Waals surface area contributed by atoms with Crippen molar-refractivity contribution in [1.29, 1.82) is 0 Å². The Hall–Kier alpha value is -4.75. The molecule has 0 radical (unpaired) electrons. The summed E-state index contributed by atoms with van der Waals surface area (Å²) in [6.45, 7) is 6.75. The first-order valence-corrected chi connectivity index (χ1v) is 15.0. The number of hydrogen-bond acceptors (Lipinski definition) is 0. The van der Waals surface area contributed by atoms with Crippen LogP contribution in [0.3, 0.4) is 0 Å². The summed E-state index contributed by atoms with van der Waals surface area (Å²) in [5.74, 6) is 0.501. The van der Waals surface area contributed by atoms with Crippen molar-refractivity contribution in [2.24, 2.45) is 7.05 Å². The maximum Gasteiger partial charge on any atom is 0.213 e. The molecule has 202 valence electrons. The van der Waals surface area contributed by atoms with Gasteiger partial charge in [-0.15, -0.1) is 0 Å². The van der Waals surface area contributed by atoms with E-state index >= 15 is 0 Å². The highest BCUT2D eigenvalue weighted by Gasteiger charge is 2.41. The predicted molar refractivity (Wildman–Crippen MR) is 173 cm³/mol. The highest BCUT2D eigenvalue weighted by Crippen LogP contribution is 2.57. The average molecular weight is 541 g/mol. The van der Waals surface area contributed by atoms with Crippen molar-refractivity contribution in [3.05, 3.63) is 172 Å². The van der Waals surface area contributed by atoms with Gasteiger partial charge < -0.3 is 0 Å². The summed E-state index contributed by atoms with van der Waals surface area (Å²) >= 11 is 0. The van der Waals surface area contributed by atoms with Gasteiger partial charge in [-0.25, -0.2) is 4.57 Å². The molecule has 0 fully saturated rings. The van der Waals surface area contributed by atoms with Gasteiger partial charge in [0, 0.05) is 29.0 Å². The van der Waals surface area contributed by atoms with Crippen molar-refractivity contribution in [3.63, 3.8) is 0 Å². The fourth-order valence-corrected chi connectivity index (χ4v) is 7.68. The first-order chi connectivity index (χ1) is 20.5. The molecule has 3 aliphatic rings. The lowest BCUT2D eigenvalue weighted by Crippen LogP contribution is -2.31. The lowest BCUT2D eigenvalue weighted by atomic mass is 9.60. The average Bonchev–Trinajstić information content (AvgIpc) is 3.01. The molecule has 2 bridgehead atoms. The zero-order valence-corrected chi connectivity index (χ0v) is 24.6. The van der Waals surface area contributed by atoms with Gasteiger partial charge in [-0.2, -0.15) is 0 Å². The molecule has 1 heteroatoms. The van der Waals surface area contributed by atoms with Crippen LogP contribution in [0.15, 0.2) is 121 Å². The molecular weight excluding hydrogens is 506 g/mol. The van der Waals surface area contributed by atoms with Gasteiger partial charge >= 0.3 is 0 Å². The largest absolute Gasteiger partial charge is 0.213 e. The Kier molecular flexibility index (Phi) is 5.59. The monoisotopic (exact) mass is 540 g/mol. The highest BCUT2D eigenvalue weighted by molar-refractivity contribution is 5.79. The maximum absolute atomic E-state index is 2.52. The molecule has 5 aromatic carbocycles. The number of aromatic nitrogens is 1. The lowest BCUT2D eigenvalue weighted by molar-refractivity contribution is -0.660. The molecule has 0 spiro atoms. The van der Waals surface area contributed by atoms with Crippen LogP contribution in [0.2, 0.25) is 0 Å². The fraction of sp³-hybridized carbons (Fsp3) is 0.146. The van der Waals surface area contributed by atoms with Crippen LogP contribution in [0.25, 0.3) is 33.5 Å². The molecule has 3 aliphatic carbocycles. The second-order valence-corrected chi connectivity index (χ2v) is 12.2. The van der Waals surface area contributed by atoms with Crippen LogP contribution in [-0.2, 0) is 7.05 Å². The molecule has 0 saturated carbocycles. The molecule has 0 saturated heterocycles. The number of pyridine rings is 1. The zero-order valence-electron chi connectivity index (χ0n) is 24.6. The first kappa shape index (κ1) is 25.0. The number of benzene rings is 5. The predicted octanol–water partition coefficient (Wildman–Crippen LogP) is 9.42. The van der Waals surface area contributed by atoms with Gasteiger partial charge in [0.2, 0.25) is 5.69 Å². The summed E-state index contributed by atoms with van der Waals surface area (Å²) in [4.78, 5) is 0. The molecule has 0 N–H and O–H groups in total. The third kappa shape index (κ3) is 3.66. The summed E-state index contributed by atoms with van der Waals surface area (Å²) in [7, 11) is 2.16. The van der Waals surface area contributed by atoms with Crippen LogP contribution in [0, 0.1) is 20.8 Å². The second-order valence-electron chi connectivity index (χ2n) is 12.2. The van der Waals surface area contributed by atoms with Crippen LogP contribution in [0.5, 0.6) is 0 Å². The van der Waals surface area contributed by atoms with Crippen molar-refractivity contribution >= 4 is 0 Å². The standard InChI is InChI=1S/C41H34N/c1-25-12-8-9-15-30(25)39-23-35(27(3)24-42(39)4)34-22-38-36(20-26(34)2)41-32-17-11-10-16-31(32)40(38)33-19-18-29(21-37(33)41)28-13-6-5-7-14-28/h5-24,40-41H,1-4H3/q+1. The van der Waals surface area contributed by atoms with Crippen LogP contribution in [0.1, 0.15) is 61.9 Å². The van der Waals surface area contributed by atoms with Crippen LogP contribution < -0.4 is 4.57 Å². The van der Waals surface area contributed by atoms with E-state index in [-0.39, 0.29) is 11.8 Å². The maximum atomic E-state index is 2.52. The van der Waals surface area contributed by atoms with Crippen LogP contribution in [0.4, 0.5) is 0 Å². The number of rotatable bonds is 3. The van der Waals surface area contributed by atoms with Gasteiger partial charge in [0.1, 0.15) is 7.05 Å². The summed E-state index contributed by atoms with van der Waals surface area (Å²) in [6.07, 6.45) is 2.29. The Morgan fingerprint density at radius 2 is 1.02 bits per heavy atom. The van der Waals surface area contributed by atoms with Crippen LogP contribution >= 0.6 is 0 Å². The quantitative estimate of drug-likeness (QED) is 0.197. The minimum absolute atomic E-state index is 0.247. The van der Waals surface area contributed by atoms with Gasteiger partial charge in [-0.1, -0.05) is 91.0 Å². The first-order valence-electron chi connectivity index (χ1n) is 15.0. The Balaban J connectivity index is 1.32. The van der Waals surface area contributed by atoms with Crippen molar-refractivity contribution in [2.45, 2.75) is 32.6 Å². The van der Waals surface area contributed by atoms with Crippen molar-refractivity contribution < 1.29 is 4.57 Å². The van der Waals surface area contributed by atoms with Gasteiger partial charge in [0.25, 0.3) is 0 Å². The van der Waals surface area contributed by atoms with E-state index in [4.69, 9.17) is 0 Å². The smallest absolute Gasteiger partial charge is 0.201 e. The lowest BCUT2D eigenvalue weighted by Gasteiger charge is -2.43. The highest BCUT2D eigenvalue weighted by atomic mass is 14.9. The Bertz CT molecular complexity index is 2030. The fourth-order valence-electron chi connectivity index (χ4n) is 7.68. The van der Waals surface area contributed by atoms with Crippen molar-refractivity contribution in [3.8, 4) is 33.5 Å². The molecule has 0 aliphatic heterocycles. The summed E-state index contributed by atoms with van der Waals surface area (Å²) in [5, 5.41) is 0. The van der Waals surface area contributed by atoms with E-state index < -0.39 is 0 Å². The number of nitrogens with zero attached hydrogens (tertiary/aromatic N) is 1. The van der Waals surface area contributed by atoms with Gasteiger partial charge in [-0.05, 0) is 106 Å². The van der Waals surface area contributed by atoms with Crippen molar-refractivity contribution in [2.75, 3.05) is 0 Å². The minimum Gasteiger partial charge on any atom is -0.201 e. The summed E-state index contributed by atoms with van der Waals surface area (Å²) in [5.41, 5.74) is 20.5. The molecule has 1 nitrogen and oxygen atoms in total. The van der Waals surface area contributed by atoms with Gasteiger partial charge in [0.05, 0.1) is 0 Å². The summed E-state index contributed by atoms with van der Waals surface area (Å²) < 4.78 is 2.27. The zero-order chi connectivity index (χ0) is 28.5. The molecule has 1 aromatic heterocycles. The molecule has 6 aromatic rings. The Morgan fingerprint density at radius 1 is 0.429 bits per heavy atom. The van der Waals surface area contributed by atoms with E-state index in [1.165, 1.54) is 83.6 Å². The SMILES string of the molecule is Cc1cc2c(cc1-c1cc(-c3ccccc3C)[n+](C)cc1C)C1c3ccccc3C2c2cc(-c3ccccc3)ccc21. The summed E-state index contributed by atoms with van der Waals surface area (Å²) in [6, 6.07) is 43.2. The van der Waals surface area contributed by atoms with Gasteiger partial charge in [0.15, 0.2) is 6.20 Å². The van der Waals surface area contributed by atoms with Crippen molar-refractivity contribution in [1.82, 2.24) is 0 Å². The topological polar surface area (TPSA) is 3.88 Å². The third-order valence-corrected chi connectivity index (χ3v) is 9.67. The number of hydrogen-bond donors (Lipinski definition) is 0. The molecule has 0 amide bonds. The molecule has 9 rings (SSSR count). The molecule has 1 heterocycles. The molecule has 2 atom stereocenters. The van der Waals surface area contributed by atoms with Crippen LogP contribution in [-0.4, -0.2) is 0 Å². The molecular formula is C41H34N+. The minimum atomic E-state index is 0.247.